The van der Waals surface area contributed by atoms with Crippen LogP contribution in [0.5, 0.6) is 0 Å². The van der Waals surface area contributed by atoms with E-state index in [0.29, 0.717) is 56.7 Å². The first-order valence-corrected chi connectivity index (χ1v) is 8.92. The van der Waals surface area contributed by atoms with Gasteiger partial charge >= 0.3 is 0 Å². The molecule has 0 aliphatic carbocycles. The summed E-state index contributed by atoms with van der Waals surface area (Å²) in [5.74, 6) is -0.401. The molecule has 0 spiro atoms. The number of hydrogen-bond donors (Lipinski definition) is 0. The second kappa shape index (κ2) is 7.78. The molecule has 1 aromatic rings. The van der Waals surface area contributed by atoms with E-state index in [0.717, 1.165) is 0 Å². The number of Topliss-reactive ketones (excluding diaryl/α,β-unsaturated/α-hetero) is 1. The van der Waals surface area contributed by atoms with Gasteiger partial charge in [-0.25, -0.2) is 0 Å². The van der Waals surface area contributed by atoms with Gasteiger partial charge in [0.25, 0.3) is 11.8 Å². The predicted octanol–water partition coefficient (Wildman–Crippen LogP) is 0.796. The van der Waals surface area contributed by atoms with E-state index in [1.807, 2.05) is 4.90 Å². The fourth-order valence-electron chi connectivity index (χ4n) is 3.46. The molecule has 0 N–H and O–H groups in total. The Morgan fingerprint density at radius 3 is 2.08 bits per heavy atom. The fourth-order valence-corrected chi connectivity index (χ4v) is 3.46. The molecule has 2 heterocycles. The predicted molar refractivity (Wildman–Crippen MR) is 94.7 cm³/mol. The van der Waals surface area contributed by atoms with Crippen molar-refractivity contribution in [1.82, 2.24) is 14.7 Å². The molecule has 0 unspecified atom stereocenters. The topological polar surface area (TPSA) is 78.0 Å². The first-order chi connectivity index (χ1) is 12.5. The molecule has 1 aromatic carbocycles. The third kappa shape index (κ3) is 3.83. The van der Waals surface area contributed by atoms with Crippen LogP contribution in [0, 0.1) is 0 Å². The van der Waals surface area contributed by atoms with Gasteiger partial charge in [0.1, 0.15) is 5.78 Å². The Bertz CT molecular complexity index is 703. The highest BCUT2D eigenvalue weighted by molar-refractivity contribution is 6.21. The smallest absolute Gasteiger partial charge is 0.261 e. The first kappa shape index (κ1) is 18.3. The largest absolute Gasteiger partial charge is 0.340 e. The van der Waals surface area contributed by atoms with E-state index in [1.165, 1.54) is 4.90 Å². The first-order valence-electron chi connectivity index (χ1n) is 8.92. The minimum atomic E-state index is -0.282. The van der Waals surface area contributed by atoms with Crippen LogP contribution >= 0.6 is 0 Å². The summed E-state index contributed by atoms with van der Waals surface area (Å²) in [5, 5.41) is 0. The van der Waals surface area contributed by atoms with E-state index >= 15 is 0 Å². The van der Waals surface area contributed by atoms with Crippen LogP contribution in [0.15, 0.2) is 24.3 Å². The molecule has 2 aliphatic rings. The number of carbonyl (C=O) groups is 4. The number of nitrogens with zero attached hydrogens (tertiary/aromatic N) is 3. The average molecular weight is 357 g/mol. The standard InChI is InChI=1S/C19H23N3O4/c1-14(23)13-20-9-11-21(12-10-20)17(24)7-4-8-22-18(25)15-5-2-3-6-16(15)19(22)26/h2-3,5-6H,4,7-13H2,1H3. The van der Waals surface area contributed by atoms with Crippen molar-refractivity contribution in [3.8, 4) is 0 Å². The van der Waals surface area contributed by atoms with Crippen molar-refractivity contribution in [3.05, 3.63) is 35.4 Å². The molecular weight excluding hydrogens is 334 g/mol. The number of benzene rings is 1. The summed E-state index contributed by atoms with van der Waals surface area (Å²) in [4.78, 5) is 53.1. The Balaban J connectivity index is 1.44. The van der Waals surface area contributed by atoms with Crippen LogP contribution in [0.4, 0.5) is 0 Å². The third-order valence-electron chi connectivity index (χ3n) is 4.82. The Hall–Kier alpha value is -2.54. The molecule has 3 rings (SSSR count). The van der Waals surface area contributed by atoms with Gasteiger partial charge in [0.05, 0.1) is 17.7 Å². The van der Waals surface area contributed by atoms with Gasteiger partial charge in [-0.2, -0.15) is 0 Å². The van der Waals surface area contributed by atoms with Crippen molar-refractivity contribution in [2.75, 3.05) is 39.3 Å². The third-order valence-corrected chi connectivity index (χ3v) is 4.82. The lowest BCUT2D eigenvalue weighted by Gasteiger charge is -2.34. The van der Waals surface area contributed by atoms with Gasteiger partial charge in [0.2, 0.25) is 5.91 Å². The lowest BCUT2D eigenvalue weighted by molar-refractivity contribution is -0.133. The summed E-state index contributed by atoms with van der Waals surface area (Å²) >= 11 is 0. The Labute approximate surface area is 152 Å². The summed E-state index contributed by atoms with van der Waals surface area (Å²) < 4.78 is 0. The van der Waals surface area contributed by atoms with Crippen molar-refractivity contribution >= 4 is 23.5 Å². The van der Waals surface area contributed by atoms with Gasteiger partial charge in [-0.15, -0.1) is 0 Å². The minimum Gasteiger partial charge on any atom is -0.340 e. The number of ketones is 1. The highest BCUT2D eigenvalue weighted by Crippen LogP contribution is 2.22. The van der Waals surface area contributed by atoms with Gasteiger partial charge in [-0.05, 0) is 25.5 Å². The van der Waals surface area contributed by atoms with Crippen LogP contribution in [0.2, 0.25) is 0 Å². The average Bonchev–Trinajstić information content (AvgIpc) is 2.87. The normalized spacial score (nSPS) is 17.6. The Morgan fingerprint density at radius 2 is 1.54 bits per heavy atom. The van der Waals surface area contributed by atoms with E-state index in [4.69, 9.17) is 0 Å². The van der Waals surface area contributed by atoms with E-state index in [1.54, 1.807) is 36.1 Å². The van der Waals surface area contributed by atoms with Crippen molar-refractivity contribution in [3.63, 3.8) is 0 Å². The highest BCUT2D eigenvalue weighted by atomic mass is 16.2. The van der Waals surface area contributed by atoms with Crippen LogP contribution in [0.3, 0.4) is 0 Å². The van der Waals surface area contributed by atoms with Crippen LogP contribution < -0.4 is 0 Å². The molecule has 0 bridgehead atoms. The van der Waals surface area contributed by atoms with Crippen molar-refractivity contribution in [1.29, 1.82) is 0 Å². The second-order valence-corrected chi connectivity index (χ2v) is 6.77. The molecule has 0 saturated carbocycles. The summed E-state index contributed by atoms with van der Waals surface area (Å²) in [6, 6.07) is 6.79. The lowest BCUT2D eigenvalue weighted by Crippen LogP contribution is -2.49. The molecule has 3 amide bonds. The van der Waals surface area contributed by atoms with Gasteiger partial charge in [0.15, 0.2) is 0 Å². The highest BCUT2D eigenvalue weighted by Gasteiger charge is 2.34. The monoisotopic (exact) mass is 357 g/mol. The summed E-state index contributed by atoms with van der Waals surface area (Å²) in [5.41, 5.74) is 0.871. The van der Waals surface area contributed by atoms with Gasteiger partial charge in [0, 0.05) is 39.1 Å². The van der Waals surface area contributed by atoms with E-state index in [2.05, 4.69) is 0 Å². The maximum Gasteiger partial charge on any atom is 0.261 e. The number of carbonyl (C=O) groups excluding carboxylic acids is 4. The van der Waals surface area contributed by atoms with E-state index < -0.39 is 0 Å². The van der Waals surface area contributed by atoms with E-state index in [-0.39, 0.29) is 30.0 Å². The van der Waals surface area contributed by atoms with Crippen LogP contribution in [0.25, 0.3) is 0 Å². The van der Waals surface area contributed by atoms with Crippen molar-refractivity contribution < 1.29 is 19.2 Å². The number of amides is 3. The van der Waals surface area contributed by atoms with Crippen LogP contribution in [-0.2, 0) is 9.59 Å². The molecule has 0 radical (unpaired) electrons. The zero-order valence-electron chi connectivity index (χ0n) is 14.9. The van der Waals surface area contributed by atoms with Gasteiger partial charge in [-0.1, -0.05) is 12.1 Å². The molecular formula is C19H23N3O4. The maximum absolute atomic E-state index is 12.3. The molecule has 1 saturated heterocycles. The van der Waals surface area contributed by atoms with Crippen LogP contribution in [-0.4, -0.2) is 77.5 Å². The Kier molecular flexibility index (Phi) is 5.46. The zero-order chi connectivity index (χ0) is 18.7. The maximum atomic E-state index is 12.3. The number of imide groups is 1. The number of fused-ring (bicyclic) bond motifs is 1. The molecule has 26 heavy (non-hydrogen) atoms. The summed E-state index contributed by atoms with van der Waals surface area (Å²) in [7, 11) is 0. The molecule has 1 fully saturated rings. The lowest BCUT2D eigenvalue weighted by atomic mass is 10.1. The molecule has 138 valence electrons. The zero-order valence-corrected chi connectivity index (χ0v) is 14.9. The number of hydrogen-bond acceptors (Lipinski definition) is 5. The van der Waals surface area contributed by atoms with Crippen molar-refractivity contribution in [2.24, 2.45) is 0 Å². The fraction of sp³-hybridized carbons (Fsp3) is 0.474. The number of piperazine rings is 1. The SMILES string of the molecule is CC(=O)CN1CCN(C(=O)CCCN2C(=O)c3ccccc3C2=O)CC1. The molecule has 2 aliphatic heterocycles. The van der Waals surface area contributed by atoms with Crippen molar-refractivity contribution in [2.45, 2.75) is 19.8 Å². The quantitative estimate of drug-likeness (QED) is 0.704. The second-order valence-electron chi connectivity index (χ2n) is 6.77. The van der Waals surface area contributed by atoms with Gasteiger partial charge in [-0.3, -0.25) is 29.0 Å². The Morgan fingerprint density at radius 1 is 0.962 bits per heavy atom. The molecule has 0 atom stereocenters. The summed E-state index contributed by atoms with van der Waals surface area (Å²) in [6.45, 7) is 4.87. The summed E-state index contributed by atoms with van der Waals surface area (Å²) in [6.07, 6.45) is 0.762. The minimum absolute atomic E-state index is 0.0316. The van der Waals surface area contributed by atoms with Gasteiger partial charge < -0.3 is 4.90 Å². The molecule has 7 nitrogen and oxygen atoms in total. The molecule has 0 aromatic heterocycles. The van der Waals surface area contributed by atoms with Crippen LogP contribution in [0.1, 0.15) is 40.5 Å². The van der Waals surface area contributed by atoms with E-state index in [9.17, 15) is 19.2 Å². The molecule has 7 heteroatoms. The number of rotatable bonds is 6.